The zero-order valence-corrected chi connectivity index (χ0v) is 14.8. The third kappa shape index (κ3) is 4.99. The van der Waals surface area contributed by atoms with Gasteiger partial charge in [-0.25, -0.2) is 4.79 Å². The molecular formula is C18H19N5O3. The van der Waals surface area contributed by atoms with Crippen LogP contribution in [0.15, 0.2) is 30.0 Å². The Morgan fingerprint density at radius 2 is 2.00 bits per heavy atom. The topological polar surface area (TPSA) is 118 Å². The van der Waals surface area contributed by atoms with Crippen molar-refractivity contribution in [1.29, 1.82) is 10.5 Å². The van der Waals surface area contributed by atoms with E-state index in [1.807, 2.05) is 0 Å². The standard InChI is InChI=1S/C18H19N5O3/c1-18(2,3)26-17(25)23-10-13-6-14(21-9-12(7-19)8-20)4-5-15(13)22-16(24)11-23/h4-6,9,21H,10-11H2,1-3H3,(H,22,24). The van der Waals surface area contributed by atoms with Gasteiger partial charge < -0.3 is 15.4 Å². The summed E-state index contributed by atoms with van der Waals surface area (Å²) in [5.74, 6) is -0.313. The molecule has 0 aliphatic carbocycles. The molecular weight excluding hydrogens is 334 g/mol. The van der Waals surface area contributed by atoms with Crippen LogP contribution in [0.25, 0.3) is 0 Å². The second-order valence-corrected chi connectivity index (χ2v) is 6.68. The van der Waals surface area contributed by atoms with Crippen LogP contribution in [0, 0.1) is 22.7 Å². The molecule has 0 atom stereocenters. The molecule has 1 aromatic carbocycles. The highest BCUT2D eigenvalue weighted by Crippen LogP contribution is 2.25. The summed E-state index contributed by atoms with van der Waals surface area (Å²) in [7, 11) is 0. The summed E-state index contributed by atoms with van der Waals surface area (Å²) in [5, 5.41) is 23.1. The first-order valence-electron chi connectivity index (χ1n) is 7.89. The maximum Gasteiger partial charge on any atom is 0.411 e. The number of nitriles is 2. The Morgan fingerprint density at radius 1 is 1.31 bits per heavy atom. The lowest BCUT2D eigenvalue weighted by atomic mass is 10.1. The number of anilines is 2. The number of carbonyl (C=O) groups excluding carboxylic acids is 2. The molecule has 0 unspecified atom stereocenters. The highest BCUT2D eigenvalue weighted by molar-refractivity contribution is 5.95. The van der Waals surface area contributed by atoms with Gasteiger partial charge in [0.15, 0.2) is 0 Å². The number of ether oxygens (including phenoxy) is 1. The predicted molar refractivity (Wildman–Crippen MR) is 94.6 cm³/mol. The molecule has 0 fully saturated rings. The Hall–Kier alpha value is -3.52. The van der Waals surface area contributed by atoms with Crippen molar-refractivity contribution < 1.29 is 14.3 Å². The van der Waals surface area contributed by atoms with E-state index < -0.39 is 11.7 Å². The monoisotopic (exact) mass is 353 g/mol. The van der Waals surface area contributed by atoms with Crippen LogP contribution in [-0.4, -0.2) is 29.0 Å². The quantitative estimate of drug-likeness (QED) is 0.789. The number of allylic oxidation sites excluding steroid dienone is 1. The summed E-state index contributed by atoms with van der Waals surface area (Å²) in [4.78, 5) is 25.7. The summed E-state index contributed by atoms with van der Waals surface area (Å²) < 4.78 is 5.34. The van der Waals surface area contributed by atoms with E-state index in [4.69, 9.17) is 15.3 Å². The third-order valence-corrected chi connectivity index (χ3v) is 3.35. The van der Waals surface area contributed by atoms with Gasteiger partial charge in [-0.1, -0.05) is 0 Å². The van der Waals surface area contributed by atoms with E-state index in [2.05, 4.69) is 10.6 Å². The number of nitrogens with zero attached hydrogens (tertiary/aromatic N) is 3. The zero-order valence-electron chi connectivity index (χ0n) is 14.8. The molecule has 2 rings (SSSR count). The molecule has 1 aromatic rings. The minimum absolute atomic E-state index is 0.0661. The van der Waals surface area contributed by atoms with Crippen LogP contribution >= 0.6 is 0 Å². The smallest absolute Gasteiger partial charge is 0.411 e. The molecule has 8 nitrogen and oxygen atoms in total. The molecule has 0 bridgehead atoms. The fourth-order valence-corrected chi connectivity index (χ4v) is 2.26. The van der Waals surface area contributed by atoms with E-state index in [1.54, 1.807) is 51.1 Å². The third-order valence-electron chi connectivity index (χ3n) is 3.35. The van der Waals surface area contributed by atoms with Gasteiger partial charge in [0, 0.05) is 17.6 Å². The van der Waals surface area contributed by atoms with Gasteiger partial charge in [-0.05, 0) is 44.5 Å². The van der Waals surface area contributed by atoms with Crippen LogP contribution in [0.2, 0.25) is 0 Å². The van der Waals surface area contributed by atoms with Crippen molar-refractivity contribution >= 4 is 23.4 Å². The zero-order chi connectivity index (χ0) is 19.3. The van der Waals surface area contributed by atoms with E-state index in [9.17, 15) is 9.59 Å². The van der Waals surface area contributed by atoms with Crippen LogP contribution in [0.1, 0.15) is 26.3 Å². The second kappa shape index (κ2) is 7.58. The second-order valence-electron chi connectivity index (χ2n) is 6.68. The maximum atomic E-state index is 12.3. The number of benzene rings is 1. The van der Waals surface area contributed by atoms with Gasteiger partial charge in [0.05, 0.1) is 6.54 Å². The van der Waals surface area contributed by atoms with Gasteiger partial charge in [-0.3, -0.25) is 9.69 Å². The largest absolute Gasteiger partial charge is 0.444 e. The van der Waals surface area contributed by atoms with Crippen LogP contribution in [0.5, 0.6) is 0 Å². The van der Waals surface area contributed by atoms with Gasteiger partial charge in [0.2, 0.25) is 5.91 Å². The number of amides is 2. The summed E-state index contributed by atoms with van der Waals surface area (Å²) in [5.41, 5.74) is 1.18. The SMILES string of the molecule is CC(C)(C)OC(=O)N1CC(=O)Nc2ccc(NC=C(C#N)C#N)cc2C1. The van der Waals surface area contributed by atoms with Crippen LogP contribution in [0.3, 0.4) is 0 Å². The lowest BCUT2D eigenvalue weighted by Gasteiger charge is -2.25. The predicted octanol–water partition coefficient (Wildman–Crippen LogP) is 2.72. The first-order chi connectivity index (χ1) is 12.2. The van der Waals surface area contributed by atoms with E-state index in [1.165, 1.54) is 11.1 Å². The van der Waals surface area contributed by atoms with Crippen molar-refractivity contribution in [3.05, 3.63) is 35.5 Å². The van der Waals surface area contributed by atoms with Crippen LogP contribution < -0.4 is 10.6 Å². The molecule has 0 saturated heterocycles. The average molecular weight is 353 g/mol. The molecule has 1 heterocycles. The minimum Gasteiger partial charge on any atom is -0.444 e. The number of fused-ring (bicyclic) bond motifs is 1. The van der Waals surface area contributed by atoms with Gasteiger partial charge in [0.25, 0.3) is 0 Å². The molecule has 0 aromatic heterocycles. The van der Waals surface area contributed by atoms with Crippen molar-refractivity contribution in [2.75, 3.05) is 17.2 Å². The molecule has 2 amide bonds. The number of rotatable bonds is 2. The first-order valence-corrected chi connectivity index (χ1v) is 7.89. The molecule has 8 heteroatoms. The van der Waals surface area contributed by atoms with E-state index in [0.29, 0.717) is 16.9 Å². The van der Waals surface area contributed by atoms with Crippen molar-refractivity contribution in [1.82, 2.24) is 4.90 Å². The van der Waals surface area contributed by atoms with Crippen molar-refractivity contribution in [2.45, 2.75) is 32.9 Å². The van der Waals surface area contributed by atoms with Gasteiger partial charge in [-0.15, -0.1) is 0 Å². The van der Waals surface area contributed by atoms with Crippen molar-refractivity contribution in [2.24, 2.45) is 0 Å². The molecule has 1 aliphatic heterocycles. The summed E-state index contributed by atoms with van der Waals surface area (Å²) >= 11 is 0. The molecule has 0 saturated carbocycles. The van der Waals surface area contributed by atoms with E-state index in [0.717, 1.165) is 0 Å². The number of hydrogen-bond donors (Lipinski definition) is 2. The maximum absolute atomic E-state index is 12.3. The fourth-order valence-electron chi connectivity index (χ4n) is 2.26. The lowest BCUT2D eigenvalue weighted by Crippen LogP contribution is -2.39. The number of nitrogens with one attached hydrogen (secondary N) is 2. The summed E-state index contributed by atoms with van der Waals surface area (Å²) in [6, 6.07) is 8.64. The molecule has 1 aliphatic rings. The van der Waals surface area contributed by atoms with Gasteiger partial charge in [-0.2, -0.15) is 10.5 Å². The van der Waals surface area contributed by atoms with Gasteiger partial charge >= 0.3 is 6.09 Å². The molecule has 2 N–H and O–H groups in total. The van der Waals surface area contributed by atoms with Crippen molar-refractivity contribution in [3.63, 3.8) is 0 Å². The Balaban J connectivity index is 2.25. The first kappa shape index (κ1) is 18.8. The summed E-state index contributed by atoms with van der Waals surface area (Å²) in [6.07, 6.45) is 0.720. The molecule has 0 spiro atoms. The molecule has 134 valence electrons. The minimum atomic E-state index is -0.665. The lowest BCUT2D eigenvalue weighted by molar-refractivity contribution is -0.117. The Morgan fingerprint density at radius 3 is 2.62 bits per heavy atom. The van der Waals surface area contributed by atoms with Crippen LogP contribution in [0.4, 0.5) is 16.2 Å². The highest BCUT2D eigenvalue weighted by Gasteiger charge is 2.27. The fraction of sp³-hybridized carbons (Fsp3) is 0.333. The number of hydrogen-bond acceptors (Lipinski definition) is 6. The van der Waals surface area contributed by atoms with E-state index >= 15 is 0 Å². The van der Waals surface area contributed by atoms with E-state index in [-0.39, 0.29) is 24.6 Å². The normalized spacial score (nSPS) is 13.3. The Labute approximate surface area is 151 Å². The molecule has 26 heavy (non-hydrogen) atoms. The van der Waals surface area contributed by atoms with Crippen molar-refractivity contribution in [3.8, 4) is 12.1 Å². The highest BCUT2D eigenvalue weighted by atomic mass is 16.6. The Bertz CT molecular complexity index is 824. The molecule has 0 radical (unpaired) electrons. The Kier molecular flexibility index (Phi) is 5.48. The van der Waals surface area contributed by atoms with Gasteiger partial charge in [0.1, 0.15) is 29.9 Å². The van der Waals surface area contributed by atoms with Crippen LogP contribution in [-0.2, 0) is 16.1 Å². The summed E-state index contributed by atoms with van der Waals surface area (Å²) in [6.45, 7) is 5.35. The average Bonchev–Trinajstić information content (AvgIpc) is 2.72. The number of carbonyl (C=O) groups is 2.